The molecule has 1 N–H and O–H groups in total. The third-order valence-electron chi connectivity index (χ3n) is 3.97. The summed E-state index contributed by atoms with van der Waals surface area (Å²) in [4.78, 5) is 27.2. The fraction of sp³-hybridized carbons (Fsp3) is 0.500. The van der Waals surface area contributed by atoms with E-state index in [2.05, 4.69) is 14.7 Å². The van der Waals surface area contributed by atoms with Crippen molar-refractivity contribution < 1.29 is 14.1 Å². The SMILES string of the molecule is CC(CN(C)C(=O)CCCCCc1noc(=O)[nH]1)Oc1ccc(Cl)c(Cl)c1. The number of hydrogen-bond donors (Lipinski definition) is 1. The maximum Gasteiger partial charge on any atom is 0.438 e. The van der Waals surface area contributed by atoms with Crippen LogP contribution in [0.15, 0.2) is 27.5 Å². The molecule has 1 atom stereocenters. The van der Waals surface area contributed by atoms with Crippen LogP contribution in [0.5, 0.6) is 5.75 Å². The van der Waals surface area contributed by atoms with Crippen molar-refractivity contribution in [3.8, 4) is 5.75 Å². The number of carbonyl (C=O) groups excluding carboxylic acids is 1. The third-order valence-corrected chi connectivity index (χ3v) is 4.71. The van der Waals surface area contributed by atoms with Gasteiger partial charge >= 0.3 is 5.76 Å². The molecule has 2 rings (SSSR count). The summed E-state index contributed by atoms with van der Waals surface area (Å²) in [5, 5.41) is 4.51. The summed E-state index contributed by atoms with van der Waals surface area (Å²) in [6.45, 7) is 2.37. The highest BCUT2D eigenvalue weighted by Crippen LogP contribution is 2.26. The Bertz CT molecular complexity index is 806. The highest BCUT2D eigenvalue weighted by Gasteiger charge is 2.14. The minimum absolute atomic E-state index is 0.0643. The first-order chi connectivity index (χ1) is 12.8. The summed E-state index contributed by atoms with van der Waals surface area (Å²) in [6.07, 6.45) is 3.38. The number of rotatable bonds is 10. The van der Waals surface area contributed by atoms with Crippen LogP contribution in [0.2, 0.25) is 10.0 Å². The van der Waals surface area contributed by atoms with Gasteiger partial charge in [-0.2, -0.15) is 0 Å². The van der Waals surface area contributed by atoms with Gasteiger partial charge in [-0.1, -0.05) is 34.8 Å². The van der Waals surface area contributed by atoms with Gasteiger partial charge in [0, 0.05) is 26.0 Å². The van der Waals surface area contributed by atoms with E-state index in [0.29, 0.717) is 41.0 Å². The van der Waals surface area contributed by atoms with Crippen LogP contribution in [0.3, 0.4) is 0 Å². The van der Waals surface area contributed by atoms with Crippen LogP contribution in [0.25, 0.3) is 0 Å². The van der Waals surface area contributed by atoms with Crippen LogP contribution in [-0.2, 0) is 11.2 Å². The zero-order chi connectivity index (χ0) is 19.8. The number of amides is 1. The molecule has 2 aromatic rings. The third kappa shape index (κ3) is 7.27. The van der Waals surface area contributed by atoms with Crippen LogP contribution in [-0.4, -0.2) is 40.6 Å². The summed E-state index contributed by atoms with van der Waals surface area (Å²) in [6, 6.07) is 5.08. The Kier molecular flexibility index (Phi) is 8.19. The van der Waals surface area contributed by atoms with Crippen LogP contribution >= 0.6 is 23.2 Å². The summed E-state index contributed by atoms with van der Waals surface area (Å²) in [5.74, 6) is 0.675. The molecule has 1 unspecified atom stereocenters. The Labute approximate surface area is 167 Å². The lowest BCUT2D eigenvalue weighted by molar-refractivity contribution is -0.130. The van der Waals surface area contributed by atoms with Gasteiger partial charge in [-0.05, 0) is 31.9 Å². The van der Waals surface area contributed by atoms with Crippen LogP contribution < -0.4 is 10.5 Å². The van der Waals surface area contributed by atoms with E-state index >= 15 is 0 Å². The number of hydrogen-bond acceptors (Lipinski definition) is 5. The van der Waals surface area contributed by atoms with E-state index < -0.39 is 5.76 Å². The molecule has 0 aliphatic heterocycles. The van der Waals surface area contributed by atoms with Gasteiger partial charge < -0.3 is 9.64 Å². The average molecular weight is 416 g/mol. The van der Waals surface area contributed by atoms with E-state index in [1.807, 2.05) is 6.92 Å². The van der Waals surface area contributed by atoms with Crippen molar-refractivity contribution in [3.63, 3.8) is 0 Å². The van der Waals surface area contributed by atoms with Crippen molar-refractivity contribution in [2.45, 2.75) is 45.1 Å². The highest BCUT2D eigenvalue weighted by atomic mass is 35.5. The van der Waals surface area contributed by atoms with E-state index in [1.54, 1.807) is 30.1 Å². The molecule has 1 aromatic heterocycles. The predicted octanol–water partition coefficient (Wildman–Crippen LogP) is 3.70. The predicted molar refractivity (Wildman–Crippen MR) is 103 cm³/mol. The standard InChI is InChI=1S/C18H23Cl2N3O4/c1-12(26-13-8-9-14(19)15(20)10-13)11-23(2)17(24)7-5-3-4-6-16-21-18(25)27-22-16/h8-10,12H,3-7,11H2,1-2H3,(H,21,22,25). The summed E-state index contributed by atoms with van der Waals surface area (Å²) in [5.41, 5.74) is 0. The van der Waals surface area contributed by atoms with Crippen LogP contribution in [0, 0.1) is 0 Å². The van der Waals surface area contributed by atoms with Gasteiger partial charge in [-0.15, -0.1) is 0 Å². The molecule has 0 saturated carbocycles. The lowest BCUT2D eigenvalue weighted by Gasteiger charge is -2.22. The number of likely N-dealkylation sites (N-methyl/N-ethyl adjacent to an activating group) is 1. The lowest BCUT2D eigenvalue weighted by atomic mass is 10.1. The molecule has 0 saturated heterocycles. The number of nitrogens with one attached hydrogen (secondary N) is 1. The molecule has 1 amide bonds. The molecule has 27 heavy (non-hydrogen) atoms. The van der Waals surface area contributed by atoms with E-state index in [4.69, 9.17) is 27.9 Å². The smallest absolute Gasteiger partial charge is 0.438 e. The first kappa shape index (κ1) is 21.3. The van der Waals surface area contributed by atoms with Gasteiger partial charge in [0.15, 0.2) is 5.82 Å². The van der Waals surface area contributed by atoms with Gasteiger partial charge in [0.2, 0.25) is 5.91 Å². The average Bonchev–Trinajstić information content (AvgIpc) is 3.02. The first-order valence-corrected chi connectivity index (χ1v) is 9.51. The van der Waals surface area contributed by atoms with Crippen LogP contribution in [0.4, 0.5) is 0 Å². The van der Waals surface area contributed by atoms with E-state index in [9.17, 15) is 9.59 Å². The number of halogens is 2. The van der Waals surface area contributed by atoms with Crippen molar-refractivity contribution in [1.29, 1.82) is 0 Å². The Balaban J connectivity index is 1.65. The maximum atomic E-state index is 12.2. The van der Waals surface area contributed by atoms with Crippen molar-refractivity contribution in [3.05, 3.63) is 44.6 Å². The summed E-state index contributed by atoms with van der Waals surface area (Å²) < 4.78 is 10.2. The number of H-pyrrole nitrogens is 1. The second-order valence-electron chi connectivity index (χ2n) is 6.38. The molecular weight excluding hydrogens is 393 g/mol. The molecule has 1 heterocycles. The van der Waals surface area contributed by atoms with Crippen molar-refractivity contribution in [2.75, 3.05) is 13.6 Å². The van der Waals surface area contributed by atoms with Gasteiger partial charge in [-0.3, -0.25) is 14.3 Å². The molecule has 9 heteroatoms. The summed E-state index contributed by atoms with van der Waals surface area (Å²) >= 11 is 11.9. The second-order valence-corrected chi connectivity index (χ2v) is 7.20. The number of carbonyl (C=O) groups is 1. The number of aryl methyl sites for hydroxylation is 1. The topological polar surface area (TPSA) is 88.4 Å². The first-order valence-electron chi connectivity index (χ1n) is 8.75. The number of unbranched alkanes of at least 4 members (excludes halogenated alkanes) is 2. The van der Waals surface area contributed by atoms with Crippen molar-refractivity contribution in [1.82, 2.24) is 15.0 Å². The molecule has 0 bridgehead atoms. The number of aromatic amines is 1. The largest absolute Gasteiger partial charge is 0.489 e. The lowest BCUT2D eigenvalue weighted by Crippen LogP contribution is -2.35. The van der Waals surface area contributed by atoms with Gasteiger partial charge in [0.25, 0.3) is 0 Å². The zero-order valence-electron chi connectivity index (χ0n) is 15.3. The number of nitrogens with zero attached hydrogens (tertiary/aromatic N) is 2. The Morgan fingerprint density at radius 2 is 2.07 bits per heavy atom. The quantitative estimate of drug-likeness (QED) is 0.597. The van der Waals surface area contributed by atoms with E-state index in [0.717, 1.165) is 19.3 Å². The maximum absolute atomic E-state index is 12.2. The highest BCUT2D eigenvalue weighted by molar-refractivity contribution is 6.42. The molecule has 148 valence electrons. The Morgan fingerprint density at radius 1 is 1.30 bits per heavy atom. The fourth-order valence-corrected chi connectivity index (χ4v) is 2.90. The van der Waals surface area contributed by atoms with E-state index in [-0.39, 0.29) is 12.0 Å². The monoisotopic (exact) mass is 415 g/mol. The Morgan fingerprint density at radius 3 is 2.74 bits per heavy atom. The van der Waals surface area contributed by atoms with Gasteiger partial charge in [-0.25, -0.2) is 4.79 Å². The molecule has 0 aliphatic rings. The van der Waals surface area contributed by atoms with Gasteiger partial charge in [0.1, 0.15) is 11.9 Å². The zero-order valence-corrected chi connectivity index (χ0v) is 16.8. The van der Waals surface area contributed by atoms with Gasteiger partial charge in [0.05, 0.1) is 16.6 Å². The van der Waals surface area contributed by atoms with Crippen molar-refractivity contribution in [2.24, 2.45) is 0 Å². The molecule has 0 aliphatic carbocycles. The normalized spacial score (nSPS) is 12.0. The van der Waals surface area contributed by atoms with Crippen molar-refractivity contribution >= 4 is 29.1 Å². The second kappa shape index (κ2) is 10.4. The minimum Gasteiger partial charge on any atom is -0.489 e. The number of ether oxygens (including phenoxy) is 1. The van der Waals surface area contributed by atoms with E-state index in [1.165, 1.54) is 0 Å². The molecule has 0 spiro atoms. The molecule has 0 fully saturated rings. The van der Waals surface area contributed by atoms with Crippen LogP contribution in [0.1, 0.15) is 38.4 Å². The Hall–Kier alpha value is -1.99. The molecular formula is C18H23Cl2N3O4. The summed E-state index contributed by atoms with van der Waals surface area (Å²) in [7, 11) is 1.76. The minimum atomic E-state index is -0.543. The number of benzene rings is 1. The fourth-order valence-electron chi connectivity index (χ4n) is 2.61. The molecule has 7 nitrogen and oxygen atoms in total. The molecule has 1 aromatic carbocycles. The molecule has 0 radical (unpaired) electrons. The number of aromatic nitrogens is 2.